The molecule has 16 heavy (non-hydrogen) atoms. The highest BCUT2D eigenvalue weighted by Gasteiger charge is 2.10. The summed E-state index contributed by atoms with van der Waals surface area (Å²) in [4.78, 5) is 4.39. The lowest BCUT2D eigenvalue weighted by molar-refractivity contribution is 0.826. The summed E-state index contributed by atoms with van der Waals surface area (Å²) in [6.07, 6.45) is 1.89. The molecular weight excluding hydrogens is 196 g/mol. The number of fused-ring (bicyclic) bond motifs is 3. The Bertz CT molecular complexity index is 665. The Labute approximate surface area is 94.5 Å². The maximum Gasteiger partial charge on any atom is 0.0525 e. The van der Waals surface area contributed by atoms with Crippen molar-refractivity contribution in [2.75, 3.05) is 0 Å². The van der Waals surface area contributed by atoms with Crippen LogP contribution in [0.5, 0.6) is 0 Å². The van der Waals surface area contributed by atoms with Crippen LogP contribution in [-0.2, 0) is 6.54 Å². The van der Waals surface area contributed by atoms with Crippen LogP contribution in [0.4, 0.5) is 0 Å². The van der Waals surface area contributed by atoms with Gasteiger partial charge in [-0.25, -0.2) is 0 Å². The lowest BCUT2D eigenvalue weighted by Crippen LogP contribution is -1.93. The zero-order valence-corrected chi connectivity index (χ0v) is 9.57. The fourth-order valence-electron chi connectivity index (χ4n) is 2.50. The van der Waals surface area contributed by atoms with Crippen molar-refractivity contribution < 1.29 is 0 Å². The van der Waals surface area contributed by atoms with Crippen molar-refractivity contribution in [1.82, 2.24) is 9.55 Å². The van der Waals surface area contributed by atoms with Gasteiger partial charge in [0.15, 0.2) is 0 Å². The van der Waals surface area contributed by atoms with Crippen molar-refractivity contribution in [2.24, 2.45) is 0 Å². The summed E-state index contributed by atoms with van der Waals surface area (Å²) in [5, 5.41) is 2.60. The van der Waals surface area contributed by atoms with Crippen LogP contribution >= 0.6 is 0 Å². The number of aromatic nitrogens is 2. The second-order valence-corrected chi connectivity index (χ2v) is 4.05. The Morgan fingerprint density at radius 1 is 1.12 bits per heavy atom. The summed E-state index contributed by atoms with van der Waals surface area (Å²) in [6.45, 7) is 5.25. The van der Waals surface area contributed by atoms with E-state index in [2.05, 4.69) is 53.7 Å². The minimum Gasteiger partial charge on any atom is -0.341 e. The molecule has 2 heterocycles. The van der Waals surface area contributed by atoms with Gasteiger partial charge in [-0.1, -0.05) is 18.2 Å². The standard InChI is InChI=1S/C14H14N2/c1-3-16-12-7-5-4-6-11(12)14-10(2)15-9-8-13(14)16/h4-9H,3H2,1-2H3. The quantitative estimate of drug-likeness (QED) is 0.601. The summed E-state index contributed by atoms with van der Waals surface area (Å²) in [6, 6.07) is 10.6. The molecule has 0 saturated carbocycles. The van der Waals surface area contributed by atoms with Crippen LogP contribution in [-0.4, -0.2) is 9.55 Å². The number of nitrogens with zero attached hydrogens (tertiary/aromatic N) is 2. The van der Waals surface area contributed by atoms with Crippen molar-refractivity contribution in [1.29, 1.82) is 0 Å². The summed E-state index contributed by atoms with van der Waals surface area (Å²) in [5.41, 5.74) is 3.70. The molecule has 3 aromatic rings. The maximum atomic E-state index is 4.39. The topological polar surface area (TPSA) is 17.8 Å². The highest BCUT2D eigenvalue weighted by atomic mass is 15.0. The van der Waals surface area contributed by atoms with E-state index in [0.29, 0.717) is 0 Å². The summed E-state index contributed by atoms with van der Waals surface area (Å²) in [7, 11) is 0. The first-order chi connectivity index (χ1) is 7.83. The molecule has 0 spiro atoms. The normalized spacial score (nSPS) is 11.4. The third-order valence-electron chi connectivity index (χ3n) is 3.19. The SMILES string of the molecule is CCn1c2ccccc2c2c(C)nccc21. The van der Waals surface area contributed by atoms with Crippen molar-refractivity contribution in [2.45, 2.75) is 20.4 Å². The van der Waals surface area contributed by atoms with Gasteiger partial charge in [0.25, 0.3) is 0 Å². The van der Waals surface area contributed by atoms with Crippen molar-refractivity contribution in [3.8, 4) is 0 Å². The van der Waals surface area contributed by atoms with E-state index in [1.807, 2.05) is 6.20 Å². The average molecular weight is 210 g/mol. The largest absolute Gasteiger partial charge is 0.341 e. The second kappa shape index (κ2) is 3.34. The number of para-hydroxylation sites is 1. The van der Waals surface area contributed by atoms with Gasteiger partial charge in [-0.3, -0.25) is 4.98 Å². The van der Waals surface area contributed by atoms with Crippen molar-refractivity contribution in [3.63, 3.8) is 0 Å². The van der Waals surface area contributed by atoms with Crippen LogP contribution in [0.2, 0.25) is 0 Å². The molecule has 0 saturated heterocycles. The molecule has 0 aliphatic heterocycles. The molecule has 2 nitrogen and oxygen atoms in total. The second-order valence-electron chi connectivity index (χ2n) is 4.05. The molecule has 0 bridgehead atoms. The van der Waals surface area contributed by atoms with Gasteiger partial charge in [0.05, 0.1) is 5.52 Å². The molecule has 0 amide bonds. The van der Waals surface area contributed by atoms with Crippen molar-refractivity contribution in [3.05, 3.63) is 42.2 Å². The van der Waals surface area contributed by atoms with E-state index < -0.39 is 0 Å². The third kappa shape index (κ3) is 1.10. The fraction of sp³-hybridized carbons (Fsp3) is 0.214. The molecule has 80 valence electrons. The van der Waals surface area contributed by atoms with Gasteiger partial charge >= 0.3 is 0 Å². The van der Waals surface area contributed by atoms with E-state index in [4.69, 9.17) is 0 Å². The van der Waals surface area contributed by atoms with Crippen LogP contribution in [0, 0.1) is 6.92 Å². The number of benzene rings is 1. The van der Waals surface area contributed by atoms with E-state index in [9.17, 15) is 0 Å². The minimum absolute atomic E-state index is 0.994. The molecule has 2 aromatic heterocycles. The minimum atomic E-state index is 0.994. The first-order valence-corrected chi connectivity index (χ1v) is 5.65. The first kappa shape index (κ1) is 9.40. The number of aryl methyl sites for hydroxylation is 2. The predicted molar refractivity (Wildman–Crippen MR) is 67.7 cm³/mol. The zero-order valence-electron chi connectivity index (χ0n) is 9.57. The van der Waals surface area contributed by atoms with Crippen LogP contribution in [0.15, 0.2) is 36.5 Å². The van der Waals surface area contributed by atoms with Gasteiger partial charge in [0.2, 0.25) is 0 Å². The Kier molecular flexibility index (Phi) is 1.96. The van der Waals surface area contributed by atoms with E-state index >= 15 is 0 Å². The van der Waals surface area contributed by atoms with E-state index in [0.717, 1.165) is 12.2 Å². The van der Waals surface area contributed by atoms with Gasteiger partial charge in [0, 0.05) is 34.7 Å². The van der Waals surface area contributed by atoms with Gasteiger partial charge in [-0.05, 0) is 26.0 Å². The molecule has 0 fully saturated rings. The van der Waals surface area contributed by atoms with Gasteiger partial charge < -0.3 is 4.57 Å². The number of hydrogen-bond donors (Lipinski definition) is 0. The lowest BCUT2D eigenvalue weighted by Gasteiger charge is -2.02. The highest BCUT2D eigenvalue weighted by Crippen LogP contribution is 2.29. The highest BCUT2D eigenvalue weighted by molar-refractivity contribution is 6.09. The van der Waals surface area contributed by atoms with E-state index in [1.54, 1.807) is 0 Å². The number of pyridine rings is 1. The van der Waals surface area contributed by atoms with Gasteiger partial charge in [0.1, 0.15) is 0 Å². The monoisotopic (exact) mass is 210 g/mol. The molecule has 0 radical (unpaired) electrons. The van der Waals surface area contributed by atoms with E-state index in [-0.39, 0.29) is 0 Å². The van der Waals surface area contributed by atoms with Crippen LogP contribution < -0.4 is 0 Å². The third-order valence-corrected chi connectivity index (χ3v) is 3.19. The molecule has 1 aromatic carbocycles. The van der Waals surface area contributed by atoms with Gasteiger partial charge in [-0.2, -0.15) is 0 Å². The maximum absolute atomic E-state index is 4.39. The number of hydrogen-bond acceptors (Lipinski definition) is 1. The summed E-state index contributed by atoms with van der Waals surface area (Å²) >= 11 is 0. The summed E-state index contributed by atoms with van der Waals surface area (Å²) in [5.74, 6) is 0. The molecule has 0 N–H and O–H groups in total. The molecule has 2 heteroatoms. The van der Waals surface area contributed by atoms with Crippen LogP contribution in [0.1, 0.15) is 12.6 Å². The molecule has 0 unspecified atom stereocenters. The average Bonchev–Trinajstić information content (AvgIpc) is 2.64. The molecule has 0 aliphatic rings. The Balaban J connectivity index is 2.64. The molecule has 0 aliphatic carbocycles. The summed E-state index contributed by atoms with van der Waals surface area (Å²) < 4.78 is 2.35. The fourth-order valence-corrected chi connectivity index (χ4v) is 2.50. The van der Waals surface area contributed by atoms with Gasteiger partial charge in [-0.15, -0.1) is 0 Å². The molecule has 3 rings (SSSR count). The number of rotatable bonds is 1. The first-order valence-electron chi connectivity index (χ1n) is 5.65. The Morgan fingerprint density at radius 3 is 2.75 bits per heavy atom. The molecular formula is C14H14N2. The lowest BCUT2D eigenvalue weighted by atomic mass is 10.1. The predicted octanol–water partition coefficient (Wildman–Crippen LogP) is 3.52. The zero-order chi connectivity index (χ0) is 11.1. The van der Waals surface area contributed by atoms with Crippen molar-refractivity contribution >= 4 is 21.8 Å². The van der Waals surface area contributed by atoms with Crippen LogP contribution in [0.3, 0.4) is 0 Å². The Hall–Kier alpha value is -1.83. The molecule has 0 atom stereocenters. The van der Waals surface area contributed by atoms with Crippen LogP contribution in [0.25, 0.3) is 21.8 Å². The Morgan fingerprint density at radius 2 is 1.94 bits per heavy atom. The smallest absolute Gasteiger partial charge is 0.0525 e. The van der Waals surface area contributed by atoms with E-state index in [1.165, 1.54) is 21.8 Å².